The number of piperazine rings is 1. The monoisotopic (exact) mass is 443 g/mol. The van der Waals surface area contributed by atoms with E-state index in [1.807, 2.05) is 12.4 Å². The minimum absolute atomic E-state index is 0.125. The van der Waals surface area contributed by atoms with Crippen LogP contribution in [0.5, 0.6) is 0 Å². The molecule has 1 N–H and O–H groups in total. The molecule has 4 rings (SSSR count). The number of amides is 1. The molecule has 1 amide bonds. The van der Waals surface area contributed by atoms with Crippen LogP contribution < -0.4 is 15.1 Å². The van der Waals surface area contributed by atoms with Crippen molar-refractivity contribution in [2.45, 2.75) is 52.0 Å². The second-order valence-electron chi connectivity index (χ2n) is 9.60. The molecule has 3 aliphatic heterocycles. The summed E-state index contributed by atoms with van der Waals surface area (Å²) in [6.45, 7) is 14.5. The maximum absolute atomic E-state index is 12.6. The fourth-order valence-corrected chi connectivity index (χ4v) is 5.26. The van der Waals surface area contributed by atoms with Crippen LogP contribution >= 0.6 is 0 Å². The van der Waals surface area contributed by atoms with Gasteiger partial charge in [-0.1, -0.05) is 13.3 Å². The molecule has 3 aliphatic rings. The van der Waals surface area contributed by atoms with Crippen LogP contribution in [0, 0.1) is 5.92 Å². The number of anilines is 2. The van der Waals surface area contributed by atoms with Crippen molar-refractivity contribution < 1.29 is 4.79 Å². The average molecular weight is 444 g/mol. The van der Waals surface area contributed by atoms with Gasteiger partial charge in [0.2, 0.25) is 11.9 Å². The van der Waals surface area contributed by atoms with Crippen LogP contribution in [0.3, 0.4) is 0 Å². The molecule has 0 aromatic carbocycles. The van der Waals surface area contributed by atoms with E-state index < -0.39 is 0 Å². The van der Waals surface area contributed by atoms with E-state index in [9.17, 15) is 4.79 Å². The summed E-state index contributed by atoms with van der Waals surface area (Å²) in [4.78, 5) is 31.5. The Hall–Kier alpha value is -1.93. The molecule has 8 nitrogen and oxygen atoms in total. The normalized spacial score (nSPS) is 24.0. The number of nitrogens with zero attached hydrogens (tertiary/aromatic N) is 6. The Morgan fingerprint density at radius 2 is 1.69 bits per heavy atom. The first-order valence-corrected chi connectivity index (χ1v) is 12.7. The Labute approximate surface area is 193 Å². The highest BCUT2D eigenvalue weighted by Crippen LogP contribution is 2.23. The molecular formula is C24H41N7O. The lowest BCUT2D eigenvalue weighted by molar-refractivity contribution is -0.125. The molecule has 3 saturated heterocycles. The average Bonchev–Trinajstić information content (AvgIpc) is 2.85. The molecule has 4 heterocycles. The topological polar surface area (TPSA) is 67.8 Å². The van der Waals surface area contributed by atoms with Gasteiger partial charge in [-0.3, -0.25) is 9.69 Å². The number of rotatable bonds is 7. The van der Waals surface area contributed by atoms with Gasteiger partial charge in [0.15, 0.2) is 0 Å². The van der Waals surface area contributed by atoms with Crippen LogP contribution in [0.15, 0.2) is 12.4 Å². The van der Waals surface area contributed by atoms with Crippen LogP contribution in [0.1, 0.15) is 46.0 Å². The van der Waals surface area contributed by atoms with E-state index in [0.29, 0.717) is 6.04 Å². The van der Waals surface area contributed by atoms with Crippen molar-refractivity contribution >= 4 is 17.5 Å². The molecule has 178 valence electrons. The number of carbonyl (C=O) groups is 1. The third-order valence-corrected chi connectivity index (χ3v) is 7.60. The molecule has 32 heavy (non-hydrogen) atoms. The van der Waals surface area contributed by atoms with Gasteiger partial charge in [-0.05, 0) is 45.7 Å². The number of hydrogen-bond acceptors (Lipinski definition) is 7. The first-order chi connectivity index (χ1) is 15.6. The Morgan fingerprint density at radius 3 is 2.34 bits per heavy atom. The number of piperidine rings is 2. The van der Waals surface area contributed by atoms with Gasteiger partial charge in [0, 0.05) is 64.3 Å². The summed E-state index contributed by atoms with van der Waals surface area (Å²) in [6, 6.07) is 0.651. The van der Waals surface area contributed by atoms with Crippen LogP contribution in [-0.2, 0) is 4.79 Å². The number of nitrogens with one attached hydrogen (secondary N) is 1. The Morgan fingerprint density at radius 1 is 0.969 bits per heavy atom. The number of carbonyl (C=O) groups excluding carboxylic acids is 1. The molecule has 0 aliphatic carbocycles. The lowest BCUT2D eigenvalue weighted by Gasteiger charge is -2.35. The van der Waals surface area contributed by atoms with E-state index in [4.69, 9.17) is 0 Å². The third-order valence-electron chi connectivity index (χ3n) is 7.60. The highest BCUT2D eigenvalue weighted by Gasteiger charge is 2.26. The van der Waals surface area contributed by atoms with Gasteiger partial charge in [-0.25, -0.2) is 9.97 Å². The largest absolute Gasteiger partial charge is 0.369 e. The van der Waals surface area contributed by atoms with Crippen LogP contribution in [0.4, 0.5) is 11.6 Å². The highest BCUT2D eigenvalue weighted by atomic mass is 16.1. The van der Waals surface area contributed by atoms with E-state index in [1.165, 1.54) is 25.8 Å². The maximum atomic E-state index is 12.6. The van der Waals surface area contributed by atoms with Gasteiger partial charge in [-0.15, -0.1) is 0 Å². The van der Waals surface area contributed by atoms with E-state index >= 15 is 0 Å². The Balaban J connectivity index is 1.18. The fourth-order valence-electron chi connectivity index (χ4n) is 5.26. The number of hydrogen-bond donors (Lipinski definition) is 1. The van der Waals surface area contributed by atoms with Gasteiger partial charge in [0.25, 0.3) is 0 Å². The van der Waals surface area contributed by atoms with Crippen molar-refractivity contribution in [1.82, 2.24) is 25.1 Å². The molecule has 0 radical (unpaired) electrons. The van der Waals surface area contributed by atoms with Crippen molar-refractivity contribution in [2.75, 3.05) is 75.2 Å². The Kier molecular flexibility index (Phi) is 8.19. The van der Waals surface area contributed by atoms with Crippen molar-refractivity contribution in [3.63, 3.8) is 0 Å². The van der Waals surface area contributed by atoms with E-state index in [0.717, 1.165) is 83.4 Å². The molecule has 1 atom stereocenters. The van der Waals surface area contributed by atoms with Crippen molar-refractivity contribution in [3.05, 3.63) is 12.4 Å². The standard InChI is InChI=1S/C24H41N7O/c1-3-28-14-16-31(17-15-28)24-26-18-22(19-27-24)30-11-7-21(8-12-30)23(32)25-9-13-29-10-5-4-6-20(29)2/h18-21H,3-17H2,1-2H3,(H,25,32). The summed E-state index contributed by atoms with van der Waals surface area (Å²) in [5, 5.41) is 3.19. The van der Waals surface area contributed by atoms with Crippen molar-refractivity contribution in [1.29, 1.82) is 0 Å². The SMILES string of the molecule is CCN1CCN(c2ncc(N3CCC(C(=O)NCCN4CCCCC4C)CC3)cn2)CC1. The predicted molar refractivity (Wildman–Crippen MR) is 129 cm³/mol. The first-order valence-electron chi connectivity index (χ1n) is 12.7. The minimum atomic E-state index is 0.125. The van der Waals surface area contributed by atoms with Gasteiger partial charge < -0.3 is 20.0 Å². The number of likely N-dealkylation sites (N-methyl/N-ethyl adjacent to an activating group) is 1. The van der Waals surface area contributed by atoms with Gasteiger partial charge >= 0.3 is 0 Å². The smallest absolute Gasteiger partial charge is 0.225 e. The van der Waals surface area contributed by atoms with Gasteiger partial charge in [-0.2, -0.15) is 0 Å². The summed E-state index contributed by atoms with van der Waals surface area (Å²) in [7, 11) is 0. The molecule has 8 heteroatoms. The zero-order chi connectivity index (χ0) is 22.3. The maximum Gasteiger partial charge on any atom is 0.225 e. The summed E-state index contributed by atoms with van der Waals surface area (Å²) in [5.74, 6) is 1.19. The van der Waals surface area contributed by atoms with Gasteiger partial charge in [0.05, 0.1) is 18.1 Å². The summed E-state index contributed by atoms with van der Waals surface area (Å²) in [5.41, 5.74) is 1.07. The van der Waals surface area contributed by atoms with E-state index in [1.54, 1.807) is 0 Å². The fraction of sp³-hybridized carbons (Fsp3) is 0.792. The number of likely N-dealkylation sites (tertiary alicyclic amines) is 1. The molecule has 1 aromatic rings. The second-order valence-corrected chi connectivity index (χ2v) is 9.60. The molecule has 0 bridgehead atoms. The molecule has 0 spiro atoms. The molecule has 1 aromatic heterocycles. The lowest BCUT2D eigenvalue weighted by atomic mass is 9.95. The molecular weight excluding hydrogens is 402 g/mol. The lowest BCUT2D eigenvalue weighted by Crippen LogP contribution is -2.46. The quantitative estimate of drug-likeness (QED) is 0.689. The van der Waals surface area contributed by atoms with Crippen LogP contribution in [-0.4, -0.2) is 97.2 Å². The zero-order valence-corrected chi connectivity index (χ0v) is 20.0. The summed E-state index contributed by atoms with van der Waals surface area (Å²) in [6.07, 6.45) is 9.61. The molecule has 3 fully saturated rings. The Bertz CT molecular complexity index is 712. The number of aromatic nitrogens is 2. The highest BCUT2D eigenvalue weighted by molar-refractivity contribution is 5.79. The molecule has 0 saturated carbocycles. The molecule has 1 unspecified atom stereocenters. The van der Waals surface area contributed by atoms with Crippen molar-refractivity contribution in [3.8, 4) is 0 Å². The van der Waals surface area contributed by atoms with Gasteiger partial charge in [0.1, 0.15) is 0 Å². The van der Waals surface area contributed by atoms with Crippen LogP contribution in [0.25, 0.3) is 0 Å². The first kappa shape index (κ1) is 23.2. The zero-order valence-electron chi connectivity index (χ0n) is 20.0. The second kappa shape index (κ2) is 11.3. The van der Waals surface area contributed by atoms with Crippen molar-refractivity contribution in [2.24, 2.45) is 5.92 Å². The van der Waals surface area contributed by atoms with E-state index in [2.05, 4.69) is 48.7 Å². The summed E-state index contributed by atoms with van der Waals surface area (Å²) < 4.78 is 0. The minimum Gasteiger partial charge on any atom is -0.369 e. The summed E-state index contributed by atoms with van der Waals surface area (Å²) >= 11 is 0. The van der Waals surface area contributed by atoms with E-state index in [-0.39, 0.29) is 11.8 Å². The van der Waals surface area contributed by atoms with Crippen LogP contribution in [0.2, 0.25) is 0 Å². The predicted octanol–water partition coefficient (Wildman–Crippen LogP) is 1.83. The third kappa shape index (κ3) is 5.90.